The minimum Gasteiger partial charge on any atom is -0.493 e. The predicted molar refractivity (Wildman–Crippen MR) is 103 cm³/mol. The minimum atomic E-state index is -0.228. The van der Waals surface area contributed by atoms with Gasteiger partial charge in [-0.15, -0.1) is 0 Å². The summed E-state index contributed by atoms with van der Waals surface area (Å²) in [4.78, 5) is 11.6. The summed E-state index contributed by atoms with van der Waals surface area (Å²) in [7, 11) is 2.17. The normalized spacial score (nSPS) is 20.0. The Kier molecular flexibility index (Phi) is 4.52. The van der Waals surface area contributed by atoms with Gasteiger partial charge in [0.2, 0.25) is 5.62 Å². The second-order valence-electron chi connectivity index (χ2n) is 7.74. The van der Waals surface area contributed by atoms with Gasteiger partial charge in [0.15, 0.2) is 0 Å². The molecule has 2 aromatic rings. The summed E-state index contributed by atoms with van der Waals surface area (Å²) in [5.74, 6) is 2.08. The molecule has 0 aliphatic carbocycles. The molecule has 0 bridgehead atoms. The van der Waals surface area contributed by atoms with Crippen LogP contribution in [-0.2, 0) is 19.6 Å². The summed E-state index contributed by atoms with van der Waals surface area (Å²) in [6, 6.07) is 3.17. The van der Waals surface area contributed by atoms with Gasteiger partial charge in [0.05, 0.1) is 19.8 Å². The van der Waals surface area contributed by atoms with E-state index in [2.05, 4.69) is 32.8 Å². The Morgan fingerprint density at radius 1 is 1.32 bits per heavy atom. The Bertz CT molecular complexity index is 964. The van der Waals surface area contributed by atoms with Crippen molar-refractivity contribution in [1.82, 2.24) is 19.9 Å². The van der Waals surface area contributed by atoms with Crippen LogP contribution in [0.5, 0.6) is 5.75 Å². The van der Waals surface area contributed by atoms with Crippen LogP contribution >= 0.6 is 0 Å². The van der Waals surface area contributed by atoms with Crippen LogP contribution in [0.2, 0.25) is 0 Å². The van der Waals surface area contributed by atoms with E-state index in [4.69, 9.17) is 4.74 Å². The van der Waals surface area contributed by atoms with E-state index < -0.39 is 0 Å². The fourth-order valence-electron chi connectivity index (χ4n) is 4.39. The molecule has 0 radical (unpaired) electrons. The monoisotopic (exact) mass is 384 g/mol. The number of anilines is 1. The topological polar surface area (TPSA) is 66.7 Å². The molecule has 1 aromatic carbocycles. The molecule has 1 fully saturated rings. The number of benzene rings is 1. The summed E-state index contributed by atoms with van der Waals surface area (Å²) in [6.07, 6.45) is 4.93. The Morgan fingerprint density at radius 2 is 2.18 bits per heavy atom. The molecule has 0 atom stereocenters. The van der Waals surface area contributed by atoms with Crippen molar-refractivity contribution in [3.05, 3.63) is 46.5 Å². The number of fused-ring (bicyclic) bond motifs is 2. The fraction of sp³-hybridized carbons (Fsp3) is 0.500. The first-order valence-electron chi connectivity index (χ1n) is 9.91. The van der Waals surface area contributed by atoms with Crippen LogP contribution in [0, 0.1) is 5.82 Å². The van der Waals surface area contributed by atoms with Crippen LogP contribution in [0.3, 0.4) is 0 Å². The van der Waals surface area contributed by atoms with E-state index in [1.54, 1.807) is 6.07 Å². The van der Waals surface area contributed by atoms with Gasteiger partial charge in [-0.1, -0.05) is 0 Å². The molecule has 0 saturated carbocycles. The zero-order valence-corrected chi connectivity index (χ0v) is 16.0. The number of halogens is 1. The first-order chi connectivity index (χ1) is 13.7. The average Bonchev–Trinajstić information content (AvgIpc) is 3.37. The van der Waals surface area contributed by atoms with Crippen LogP contribution in [0.15, 0.2) is 23.3 Å². The lowest BCUT2D eigenvalue weighted by Gasteiger charge is -2.29. The number of nitrogens with one attached hydrogen (secondary N) is 2. The van der Waals surface area contributed by atoms with Crippen LogP contribution in [0.25, 0.3) is 0 Å². The molecule has 2 N–H and O–H groups in total. The van der Waals surface area contributed by atoms with E-state index in [9.17, 15) is 4.39 Å². The third-order valence-corrected chi connectivity index (χ3v) is 6.03. The second-order valence-corrected chi connectivity index (χ2v) is 7.74. The number of rotatable bonds is 3. The molecule has 4 heterocycles. The van der Waals surface area contributed by atoms with E-state index in [0.717, 1.165) is 49.5 Å². The number of ether oxygens (including phenoxy) is 1. The van der Waals surface area contributed by atoms with Gasteiger partial charge in [-0.25, -0.2) is 19.8 Å². The quantitative estimate of drug-likeness (QED) is 0.844. The zero-order chi connectivity index (χ0) is 19.1. The highest BCUT2D eigenvalue weighted by Gasteiger charge is 2.25. The Hall–Kier alpha value is -2.45. The van der Waals surface area contributed by atoms with Gasteiger partial charge in [0.25, 0.3) is 0 Å². The summed E-state index contributed by atoms with van der Waals surface area (Å²) in [5, 5.41) is 0. The van der Waals surface area contributed by atoms with Crippen molar-refractivity contribution in [3.63, 3.8) is 0 Å². The Labute approximate surface area is 163 Å². The van der Waals surface area contributed by atoms with Gasteiger partial charge < -0.3 is 15.1 Å². The molecule has 3 aliphatic rings. The maximum Gasteiger partial charge on any atom is 0.227 e. The van der Waals surface area contributed by atoms with E-state index in [0.29, 0.717) is 30.4 Å². The van der Waals surface area contributed by atoms with Crippen LogP contribution in [0.1, 0.15) is 35.4 Å². The van der Waals surface area contributed by atoms with Gasteiger partial charge >= 0.3 is 0 Å². The lowest BCUT2D eigenvalue weighted by molar-refractivity contribution is 0.255. The van der Waals surface area contributed by atoms with Crippen molar-refractivity contribution in [2.45, 2.75) is 38.4 Å². The van der Waals surface area contributed by atoms with Crippen molar-refractivity contribution in [1.29, 1.82) is 0 Å². The van der Waals surface area contributed by atoms with E-state index >= 15 is 0 Å². The van der Waals surface area contributed by atoms with Crippen LogP contribution in [-0.4, -0.2) is 41.2 Å². The second kappa shape index (κ2) is 7.18. The van der Waals surface area contributed by atoms with Crippen LogP contribution in [0.4, 0.5) is 10.2 Å². The number of piperidine rings is 1. The summed E-state index contributed by atoms with van der Waals surface area (Å²) in [5.41, 5.74) is 9.85. The SMILES string of the molecule is CN1CCC(c2cnc(=NCc3c(F)ccc4c3CCO4)n3c2NNC3)CC1. The molecule has 1 saturated heterocycles. The zero-order valence-electron chi connectivity index (χ0n) is 16.0. The molecule has 0 spiro atoms. The highest BCUT2D eigenvalue weighted by molar-refractivity contribution is 5.47. The van der Waals surface area contributed by atoms with Gasteiger partial charge in [0.1, 0.15) is 17.4 Å². The summed E-state index contributed by atoms with van der Waals surface area (Å²) >= 11 is 0. The molecule has 28 heavy (non-hydrogen) atoms. The molecule has 7 nitrogen and oxygen atoms in total. The first kappa shape index (κ1) is 17.6. The molecule has 8 heteroatoms. The number of hydrogen-bond acceptors (Lipinski definition) is 6. The Morgan fingerprint density at radius 3 is 3.04 bits per heavy atom. The van der Waals surface area contributed by atoms with Gasteiger partial charge in [0, 0.05) is 29.3 Å². The predicted octanol–water partition coefficient (Wildman–Crippen LogP) is 1.75. The van der Waals surface area contributed by atoms with Crippen molar-refractivity contribution in [2.75, 3.05) is 32.2 Å². The lowest BCUT2D eigenvalue weighted by Crippen LogP contribution is -2.31. The largest absolute Gasteiger partial charge is 0.493 e. The molecule has 0 unspecified atom stereocenters. The average molecular weight is 384 g/mol. The molecule has 148 valence electrons. The number of hydrogen-bond donors (Lipinski definition) is 2. The first-order valence-corrected chi connectivity index (χ1v) is 9.91. The number of aromatic nitrogens is 2. The van der Waals surface area contributed by atoms with Crippen molar-refractivity contribution in [3.8, 4) is 5.75 Å². The van der Waals surface area contributed by atoms with Gasteiger partial charge in [-0.3, -0.25) is 4.57 Å². The molecular formula is C20H25FN6O. The highest BCUT2D eigenvalue weighted by atomic mass is 19.1. The van der Waals surface area contributed by atoms with Gasteiger partial charge in [-0.05, 0) is 51.0 Å². The number of hydrazine groups is 1. The maximum absolute atomic E-state index is 14.4. The maximum atomic E-state index is 14.4. The Balaban J connectivity index is 1.47. The fourth-order valence-corrected chi connectivity index (χ4v) is 4.39. The van der Waals surface area contributed by atoms with Crippen molar-refractivity contribution < 1.29 is 9.13 Å². The number of nitrogens with zero attached hydrogens (tertiary/aromatic N) is 4. The van der Waals surface area contributed by atoms with Crippen molar-refractivity contribution in [2.24, 2.45) is 4.99 Å². The van der Waals surface area contributed by atoms with Crippen molar-refractivity contribution >= 4 is 5.82 Å². The highest BCUT2D eigenvalue weighted by Crippen LogP contribution is 2.32. The smallest absolute Gasteiger partial charge is 0.227 e. The summed E-state index contributed by atoms with van der Waals surface area (Å²) in [6.45, 7) is 3.67. The number of likely N-dealkylation sites (tertiary alicyclic amines) is 1. The lowest BCUT2D eigenvalue weighted by atomic mass is 9.91. The van der Waals surface area contributed by atoms with E-state index in [1.165, 1.54) is 11.6 Å². The standard InChI is InChI=1S/C20H25FN6O/c1-26-7-4-13(5-8-26)15-10-22-20(27-12-24-25-19(15)27)23-11-16-14-6-9-28-18(14)3-2-17(16)21/h2-3,10,13,24-25H,4-9,11-12H2,1H3. The summed E-state index contributed by atoms with van der Waals surface area (Å²) < 4.78 is 22.0. The van der Waals surface area contributed by atoms with Crippen LogP contribution < -0.4 is 21.2 Å². The molecule has 5 rings (SSSR count). The van der Waals surface area contributed by atoms with E-state index in [-0.39, 0.29) is 12.4 Å². The van der Waals surface area contributed by atoms with E-state index in [1.807, 2.05) is 10.8 Å². The molecule has 0 amide bonds. The minimum absolute atomic E-state index is 0.228. The molecule has 3 aliphatic heterocycles. The third-order valence-electron chi connectivity index (χ3n) is 6.03. The molecular weight excluding hydrogens is 359 g/mol. The molecule has 1 aromatic heterocycles. The van der Waals surface area contributed by atoms with Gasteiger partial charge in [-0.2, -0.15) is 0 Å². The third kappa shape index (κ3) is 3.06.